The van der Waals surface area contributed by atoms with Gasteiger partial charge in [-0.15, -0.1) is 11.3 Å². The predicted molar refractivity (Wildman–Crippen MR) is 101 cm³/mol. The fraction of sp³-hybridized carbons (Fsp3) is 0.550. The van der Waals surface area contributed by atoms with Crippen molar-refractivity contribution in [1.29, 1.82) is 0 Å². The van der Waals surface area contributed by atoms with Gasteiger partial charge in [-0.2, -0.15) is 0 Å². The fourth-order valence-corrected chi connectivity index (χ4v) is 4.99. The van der Waals surface area contributed by atoms with Crippen LogP contribution in [0.4, 0.5) is 5.00 Å². The number of aryl methyl sites for hydroxylation is 1. The Hall–Kier alpha value is -2.15. The van der Waals surface area contributed by atoms with Gasteiger partial charge in [-0.05, 0) is 57.9 Å². The largest absolute Gasteiger partial charge is 0.550 e. The van der Waals surface area contributed by atoms with E-state index >= 15 is 0 Å². The van der Waals surface area contributed by atoms with Crippen LogP contribution in [0.25, 0.3) is 0 Å². The number of carbonyl (C=O) groups excluding carboxylic acids is 3. The second kappa shape index (κ2) is 8.25. The zero-order chi connectivity index (χ0) is 19.6. The highest BCUT2D eigenvalue weighted by molar-refractivity contribution is 7.17. The Morgan fingerprint density at radius 1 is 1.15 bits per heavy atom. The third kappa shape index (κ3) is 4.24. The number of hydrogen-bond donors (Lipinski definition) is 1. The molecule has 0 saturated carbocycles. The first-order chi connectivity index (χ1) is 12.9. The summed E-state index contributed by atoms with van der Waals surface area (Å²) >= 11 is 1.41. The Kier molecular flexibility index (Phi) is 5.99. The molecule has 7 heteroatoms. The molecule has 6 nitrogen and oxygen atoms in total. The molecule has 2 atom stereocenters. The Bertz CT molecular complexity index is 780. The van der Waals surface area contributed by atoms with Gasteiger partial charge >= 0.3 is 5.97 Å². The van der Waals surface area contributed by atoms with Gasteiger partial charge in [0.1, 0.15) is 5.00 Å². The molecule has 1 heterocycles. The van der Waals surface area contributed by atoms with Crippen LogP contribution in [0.5, 0.6) is 0 Å². The van der Waals surface area contributed by atoms with Crippen molar-refractivity contribution in [2.24, 2.45) is 11.8 Å². The van der Waals surface area contributed by atoms with E-state index in [9.17, 15) is 19.5 Å². The summed E-state index contributed by atoms with van der Waals surface area (Å²) < 4.78 is 5.39. The maximum atomic E-state index is 12.8. The Morgan fingerprint density at radius 3 is 2.48 bits per heavy atom. The van der Waals surface area contributed by atoms with E-state index in [2.05, 4.69) is 5.32 Å². The molecule has 0 saturated heterocycles. The van der Waals surface area contributed by atoms with Gasteiger partial charge in [-0.3, -0.25) is 4.79 Å². The van der Waals surface area contributed by atoms with Crippen LogP contribution in [0, 0.1) is 11.8 Å². The molecule has 1 aromatic heterocycles. The number of nitrogens with one attached hydrogen (secondary N) is 1. The lowest BCUT2D eigenvalue weighted by molar-refractivity contribution is -0.313. The average molecular weight is 390 g/mol. The molecule has 0 spiro atoms. The van der Waals surface area contributed by atoms with E-state index in [-0.39, 0.29) is 18.4 Å². The summed E-state index contributed by atoms with van der Waals surface area (Å²) in [5, 5.41) is 14.7. The fourth-order valence-electron chi connectivity index (χ4n) is 3.71. The molecular weight excluding hydrogens is 366 g/mol. The normalized spacial score (nSPS) is 21.6. The number of esters is 1. The number of hydrogen-bond acceptors (Lipinski definition) is 6. The van der Waals surface area contributed by atoms with Crippen LogP contribution in [-0.2, 0) is 27.2 Å². The van der Waals surface area contributed by atoms with E-state index in [0.717, 1.165) is 36.1 Å². The molecule has 3 rings (SSSR count). The second-order valence-corrected chi connectivity index (χ2v) is 8.44. The molecule has 0 aliphatic heterocycles. The average Bonchev–Trinajstić information content (AvgIpc) is 2.98. The number of carboxylic acids is 1. The minimum atomic E-state index is -1.22. The molecule has 0 unspecified atom stereocenters. The standard InChI is InChI=1S/C20H25NO5S/c1-11(2)26-20(25)16-14-9-5-6-10-15(14)27-18(16)21-17(22)12-7-3-4-8-13(12)19(23)24/h3-4,11-13H,5-10H2,1-2H3,(H,21,22)(H,23,24)/p-1/t12-,13+/m1/s1. The maximum absolute atomic E-state index is 12.8. The number of carbonyl (C=O) groups is 3. The van der Waals surface area contributed by atoms with Gasteiger partial charge in [0.25, 0.3) is 0 Å². The summed E-state index contributed by atoms with van der Waals surface area (Å²) in [4.78, 5) is 38.0. The molecule has 146 valence electrons. The lowest BCUT2D eigenvalue weighted by Crippen LogP contribution is -2.41. The molecular formula is C20H24NO5S-. The van der Waals surface area contributed by atoms with Crippen LogP contribution in [0.2, 0.25) is 0 Å². The quantitative estimate of drug-likeness (QED) is 0.615. The van der Waals surface area contributed by atoms with Crippen LogP contribution in [-0.4, -0.2) is 23.9 Å². The Morgan fingerprint density at radius 2 is 1.81 bits per heavy atom. The molecule has 2 aliphatic rings. The predicted octanol–water partition coefficient (Wildman–Crippen LogP) is 2.46. The Labute approximate surface area is 162 Å². The molecule has 0 aromatic carbocycles. The van der Waals surface area contributed by atoms with Gasteiger partial charge in [0.15, 0.2) is 0 Å². The third-order valence-electron chi connectivity index (χ3n) is 5.03. The van der Waals surface area contributed by atoms with Crippen LogP contribution < -0.4 is 10.4 Å². The molecule has 0 radical (unpaired) electrons. The summed E-state index contributed by atoms with van der Waals surface area (Å²) in [6.45, 7) is 3.57. The van der Waals surface area contributed by atoms with E-state index in [1.165, 1.54) is 11.3 Å². The van der Waals surface area contributed by atoms with Gasteiger partial charge in [0.05, 0.1) is 17.6 Å². The number of rotatable bonds is 5. The summed E-state index contributed by atoms with van der Waals surface area (Å²) in [7, 11) is 0. The van der Waals surface area contributed by atoms with Crippen LogP contribution in [0.1, 0.15) is 60.3 Å². The van der Waals surface area contributed by atoms with E-state index in [4.69, 9.17) is 4.74 Å². The molecule has 1 amide bonds. The summed E-state index contributed by atoms with van der Waals surface area (Å²) in [6.07, 6.45) is 7.68. The summed E-state index contributed by atoms with van der Waals surface area (Å²) in [5.41, 5.74) is 1.40. The Balaban J connectivity index is 1.88. The van der Waals surface area contributed by atoms with Crippen LogP contribution >= 0.6 is 11.3 Å². The first-order valence-corrected chi connectivity index (χ1v) is 10.2. The van der Waals surface area contributed by atoms with Gasteiger partial charge < -0.3 is 20.0 Å². The van der Waals surface area contributed by atoms with E-state index in [0.29, 0.717) is 17.0 Å². The third-order valence-corrected chi connectivity index (χ3v) is 6.23. The van der Waals surface area contributed by atoms with Crippen molar-refractivity contribution in [2.75, 3.05) is 5.32 Å². The number of allylic oxidation sites excluding steroid dienone is 2. The minimum Gasteiger partial charge on any atom is -0.550 e. The van der Waals surface area contributed by atoms with Crippen molar-refractivity contribution in [3.8, 4) is 0 Å². The van der Waals surface area contributed by atoms with Crippen LogP contribution in [0.15, 0.2) is 12.2 Å². The van der Waals surface area contributed by atoms with Crippen molar-refractivity contribution in [3.05, 3.63) is 28.2 Å². The van der Waals surface area contributed by atoms with Gasteiger partial charge in [-0.25, -0.2) is 4.79 Å². The van der Waals surface area contributed by atoms with Crippen molar-refractivity contribution in [2.45, 2.75) is 58.5 Å². The number of fused-ring (bicyclic) bond motifs is 1. The maximum Gasteiger partial charge on any atom is 0.341 e. The van der Waals surface area contributed by atoms with Gasteiger partial charge in [0, 0.05) is 16.8 Å². The van der Waals surface area contributed by atoms with E-state index in [1.807, 2.05) is 6.08 Å². The lowest BCUT2D eigenvalue weighted by atomic mass is 9.82. The number of aliphatic carboxylic acids is 1. The molecule has 27 heavy (non-hydrogen) atoms. The number of carboxylic acid groups (broad SMARTS) is 1. The molecule has 2 aliphatic carbocycles. The lowest BCUT2D eigenvalue weighted by Gasteiger charge is -2.28. The van der Waals surface area contributed by atoms with E-state index < -0.39 is 23.8 Å². The van der Waals surface area contributed by atoms with E-state index in [1.54, 1.807) is 19.9 Å². The van der Waals surface area contributed by atoms with Gasteiger partial charge in [0.2, 0.25) is 5.91 Å². The molecule has 0 bridgehead atoms. The second-order valence-electron chi connectivity index (χ2n) is 7.33. The van der Waals surface area contributed by atoms with Crippen molar-refractivity contribution >= 4 is 34.2 Å². The number of amides is 1. The highest BCUT2D eigenvalue weighted by atomic mass is 32.1. The monoisotopic (exact) mass is 390 g/mol. The van der Waals surface area contributed by atoms with Gasteiger partial charge in [-0.1, -0.05) is 12.2 Å². The first-order valence-electron chi connectivity index (χ1n) is 9.40. The zero-order valence-electron chi connectivity index (χ0n) is 15.6. The molecule has 1 aromatic rings. The highest BCUT2D eigenvalue weighted by Crippen LogP contribution is 2.39. The number of thiophene rings is 1. The van der Waals surface area contributed by atoms with Crippen LogP contribution in [0.3, 0.4) is 0 Å². The highest BCUT2D eigenvalue weighted by Gasteiger charge is 2.33. The van der Waals surface area contributed by atoms with Crippen molar-refractivity contribution in [1.82, 2.24) is 0 Å². The molecule has 0 fully saturated rings. The first kappa shape index (κ1) is 19.6. The summed E-state index contributed by atoms with van der Waals surface area (Å²) in [5.74, 6) is -3.58. The minimum absolute atomic E-state index is 0.258. The topological polar surface area (TPSA) is 95.5 Å². The zero-order valence-corrected chi connectivity index (χ0v) is 16.4. The number of anilines is 1. The number of ether oxygens (including phenoxy) is 1. The SMILES string of the molecule is CC(C)OC(=O)c1c(NC(=O)[C@@H]2CC=CC[C@@H]2C(=O)[O-])sc2c1CCCC2. The smallest absolute Gasteiger partial charge is 0.341 e. The summed E-state index contributed by atoms with van der Waals surface area (Å²) in [6, 6.07) is 0. The van der Waals surface area contributed by atoms with Crippen molar-refractivity contribution < 1.29 is 24.2 Å². The molecule has 1 N–H and O–H groups in total. The van der Waals surface area contributed by atoms with Crippen molar-refractivity contribution in [3.63, 3.8) is 0 Å².